The van der Waals surface area contributed by atoms with Crippen molar-refractivity contribution in [2.45, 2.75) is 43.9 Å². The quantitative estimate of drug-likeness (QED) is 0.655. The van der Waals surface area contributed by atoms with E-state index in [0.29, 0.717) is 0 Å². The number of hydrogen-bond acceptors (Lipinski definition) is 3. The van der Waals surface area contributed by atoms with Crippen molar-refractivity contribution in [3.63, 3.8) is 0 Å². The molecule has 3 aromatic rings. The van der Waals surface area contributed by atoms with E-state index in [0.717, 1.165) is 32.5 Å². The lowest BCUT2D eigenvalue weighted by atomic mass is 9.72. The van der Waals surface area contributed by atoms with E-state index in [1.807, 2.05) is 0 Å². The molecule has 2 heterocycles. The largest absolute Gasteiger partial charge is 0.390 e. The van der Waals surface area contributed by atoms with E-state index in [2.05, 4.69) is 77.7 Å². The van der Waals surface area contributed by atoms with Crippen molar-refractivity contribution in [1.82, 2.24) is 15.2 Å². The minimum Gasteiger partial charge on any atom is -0.390 e. The minimum atomic E-state index is -0.373. The number of nitrogens with one attached hydrogen (secondary N) is 2. The van der Waals surface area contributed by atoms with Crippen molar-refractivity contribution in [2.75, 3.05) is 20.1 Å². The van der Waals surface area contributed by atoms with E-state index in [-0.39, 0.29) is 17.6 Å². The number of nitrogens with zero attached hydrogens (tertiary/aromatic N) is 1. The highest BCUT2D eigenvalue weighted by atomic mass is 16.3. The Morgan fingerprint density at radius 2 is 1.79 bits per heavy atom. The van der Waals surface area contributed by atoms with Crippen molar-refractivity contribution in [1.29, 1.82) is 0 Å². The molecule has 0 bridgehead atoms. The van der Waals surface area contributed by atoms with Gasteiger partial charge in [-0.15, -0.1) is 0 Å². The molecule has 4 heteroatoms. The van der Waals surface area contributed by atoms with Crippen LogP contribution in [0.2, 0.25) is 0 Å². The Labute approximate surface area is 166 Å². The molecule has 0 amide bonds. The van der Waals surface area contributed by atoms with Crippen LogP contribution >= 0.6 is 0 Å². The summed E-state index contributed by atoms with van der Waals surface area (Å²) in [5, 5.41) is 16.3. The van der Waals surface area contributed by atoms with Crippen LogP contribution in [0, 0.1) is 6.92 Å². The van der Waals surface area contributed by atoms with E-state index in [1.54, 1.807) is 0 Å². The number of aromatic amines is 1. The number of fused-ring (bicyclic) bond motifs is 3. The molecule has 2 atom stereocenters. The van der Waals surface area contributed by atoms with Crippen LogP contribution in [0.25, 0.3) is 10.9 Å². The van der Waals surface area contributed by atoms with Gasteiger partial charge in [-0.25, -0.2) is 0 Å². The van der Waals surface area contributed by atoms with Crippen LogP contribution in [0.1, 0.15) is 41.3 Å². The lowest BCUT2D eigenvalue weighted by Crippen LogP contribution is -2.48. The summed E-state index contributed by atoms with van der Waals surface area (Å²) in [5.41, 5.74) is 6.27. The third kappa shape index (κ3) is 2.55. The first kappa shape index (κ1) is 17.9. The zero-order valence-electron chi connectivity index (χ0n) is 16.7. The van der Waals surface area contributed by atoms with E-state index < -0.39 is 0 Å². The summed E-state index contributed by atoms with van der Waals surface area (Å²) in [5.74, 6) is 0. The standard InChI is InChI=1S/C24H29N3O/c1-16-17-7-4-6-10-20(17)26-21(16)15-27(2)22-18-8-3-5-9-19(18)24(23(22)28)11-13-25-14-12-24/h3-10,22-23,25-26,28H,11-15H2,1-2H3/t22-,23+/m1/s1. The Morgan fingerprint density at radius 1 is 1.07 bits per heavy atom. The highest BCUT2D eigenvalue weighted by Crippen LogP contribution is 2.52. The molecule has 2 aliphatic rings. The molecule has 1 aliphatic heterocycles. The lowest BCUT2D eigenvalue weighted by Gasteiger charge is -2.40. The predicted octanol–water partition coefficient (Wildman–Crippen LogP) is 3.65. The molecule has 0 radical (unpaired) electrons. The summed E-state index contributed by atoms with van der Waals surface area (Å²) in [7, 11) is 2.15. The van der Waals surface area contributed by atoms with Crippen molar-refractivity contribution in [3.05, 3.63) is 70.9 Å². The number of rotatable bonds is 3. The van der Waals surface area contributed by atoms with Gasteiger partial charge in [0.05, 0.1) is 12.1 Å². The van der Waals surface area contributed by atoms with Crippen LogP contribution in [0.5, 0.6) is 0 Å². The lowest BCUT2D eigenvalue weighted by molar-refractivity contribution is 0.00388. The van der Waals surface area contributed by atoms with Gasteiger partial charge in [0.2, 0.25) is 0 Å². The Kier molecular flexibility index (Phi) is 4.31. The molecule has 0 saturated carbocycles. The molecule has 2 aromatic carbocycles. The van der Waals surface area contributed by atoms with Crippen LogP contribution in [0.15, 0.2) is 48.5 Å². The smallest absolute Gasteiger partial charge is 0.0834 e. The highest BCUT2D eigenvalue weighted by Gasteiger charge is 2.52. The Hall–Kier alpha value is -2.14. The summed E-state index contributed by atoms with van der Waals surface area (Å²) in [6.45, 7) is 4.94. The summed E-state index contributed by atoms with van der Waals surface area (Å²) in [6, 6.07) is 17.2. The fourth-order valence-corrected chi connectivity index (χ4v) is 5.60. The second kappa shape index (κ2) is 6.73. The summed E-state index contributed by atoms with van der Waals surface area (Å²) in [6.07, 6.45) is 1.63. The number of hydrogen-bond donors (Lipinski definition) is 3. The van der Waals surface area contributed by atoms with Crippen molar-refractivity contribution < 1.29 is 5.11 Å². The van der Waals surface area contributed by atoms with Gasteiger partial charge in [0.1, 0.15) is 0 Å². The zero-order chi connectivity index (χ0) is 19.3. The van der Waals surface area contributed by atoms with Gasteiger partial charge in [0.25, 0.3) is 0 Å². The average Bonchev–Trinajstić information content (AvgIpc) is 3.16. The van der Waals surface area contributed by atoms with Gasteiger partial charge in [0.15, 0.2) is 0 Å². The highest BCUT2D eigenvalue weighted by molar-refractivity contribution is 5.84. The second-order valence-corrected chi connectivity index (χ2v) is 8.57. The Morgan fingerprint density at radius 3 is 2.57 bits per heavy atom. The molecule has 1 spiro atoms. The SMILES string of the molecule is Cc1c(CN(C)[C@@H]2c3ccccc3C3(CCNCC3)[C@H]2O)[nH]c2ccccc12. The molecule has 1 fully saturated rings. The molecular formula is C24H29N3O. The second-order valence-electron chi connectivity index (χ2n) is 8.57. The number of aliphatic hydroxyl groups is 1. The number of aryl methyl sites for hydroxylation is 1. The molecule has 1 aromatic heterocycles. The predicted molar refractivity (Wildman–Crippen MR) is 113 cm³/mol. The van der Waals surface area contributed by atoms with Gasteiger partial charge in [0, 0.05) is 28.6 Å². The van der Waals surface area contributed by atoms with Gasteiger partial charge >= 0.3 is 0 Å². The van der Waals surface area contributed by atoms with Gasteiger partial charge in [-0.1, -0.05) is 42.5 Å². The fourth-order valence-electron chi connectivity index (χ4n) is 5.60. The Bertz CT molecular complexity index is 1000. The normalized spacial score (nSPS) is 23.6. The maximum atomic E-state index is 11.6. The first-order chi connectivity index (χ1) is 13.6. The minimum absolute atomic E-state index is 0.0279. The first-order valence-electron chi connectivity index (χ1n) is 10.4. The number of H-pyrrole nitrogens is 1. The molecule has 1 aliphatic carbocycles. The average molecular weight is 376 g/mol. The monoisotopic (exact) mass is 375 g/mol. The molecule has 1 saturated heterocycles. The van der Waals surface area contributed by atoms with Crippen LogP contribution in [0.3, 0.4) is 0 Å². The summed E-state index contributed by atoms with van der Waals surface area (Å²) in [4.78, 5) is 5.93. The number of aromatic nitrogens is 1. The molecule has 5 rings (SSSR count). The molecule has 4 nitrogen and oxygen atoms in total. The topological polar surface area (TPSA) is 51.3 Å². The molecular weight excluding hydrogens is 346 g/mol. The number of para-hydroxylation sites is 1. The van der Waals surface area contributed by atoms with Crippen LogP contribution in [-0.2, 0) is 12.0 Å². The van der Waals surface area contributed by atoms with E-state index >= 15 is 0 Å². The van der Waals surface area contributed by atoms with Gasteiger partial charge < -0.3 is 15.4 Å². The van der Waals surface area contributed by atoms with Crippen molar-refractivity contribution in [3.8, 4) is 0 Å². The molecule has 28 heavy (non-hydrogen) atoms. The van der Waals surface area contributed by atoms with E-state index in [4.69, 9.17) is 0 Å². The summed E-state index contributed by atoms with van der Waals surface area (Å²) >= 11 is 0. The van der Waals surface area contributed by atoms with Crippen LogP contribution in [-0.4, -0.2) is 41.2 Å². The fraction of sp³-hybridized carbons (Fsp3) is 0.417. The zero-order valence-corrected chi connectivity index (χ0v) is 16.7. The van der Waals surface area contributed by atoms with Crippen LogP contribution < -0.4 is 5.32 Å². The molecule has 3 N–H and O–H groups in total. The molecule has 0 unspecified atom stereocenters. The maximum absolute atomic E-state index is 11.6. The first-order valence-corrected chi connectivity index (χ1v) is 10.4. The third-order valence-electron chi connectivity index (χ3n) is 7.13. The number of likely N-dealkylation sites (N-methyl/N-ethyl adjacent to an activating group) is 1. The molecule has 146 valence electrons. The van der Waals surface area contributed by atoms with Crippen molar-refractivity contribution >= 4 is 10.9 Å². The summed E-state index contributed by atoms with van der Waals surface area (Å²) < 4.78 is 0. The van der Waals surface area contributed by atoms with E-state index in [9.17, 15) is 5.11 Å². The van der Waals surface area contributed by atoms with Crippen molar-refractivity contribution in [2.24, 2.45) is 0 Å². The van der Waals surface area contributed by atoms with E-state index in [1.165, 1.54) is 33.3 Å². The van der Waals surface area contributed by atoms with Gasteiger partial charge in [-0.05, 0) is 62.7 Å². The van der Waals surface area contributed by atoms with Gasteiger partial charge in [-0.2, -0.15) is 0 Å². The number of benzene rings is 2. The van der Waals surface area contributed by atoms with Crippen LogP contribution in [0.4, 0.5) is 0 Å². The number of aliphatic hydroxyl groups excluding tert-OH is 1. The Balaban J connectivity index is 1.50. The third-order valence-corrected chi connectivity index (χ3v) is 7.13. The van der Waals surface area contributed by atoms with Gasteiger partial charge in [-0.3, -0.25) is 4.90 Å². The maximum Gasteiger partial charge on any atom is 0.0834 e. The number of piperidine rings is 1.